The van der Waals surface area contributed by atoms with Gasteiger partial charge in [-0.15, -0.1) is 6.58 Å². The van der Waals surface area contributed by atoms with E-state index in [1.54, 1.807) is 13.0 Å². The summed E-state index contributed by atoms with van der Waals surface area (Å²) in [7, 11) is 0. The lowest BCUT2D eigenvalue weighted by Crippen LogP contribution is -2.45. The third-order valence-corrected chi connectivity index (χ3v) is 4.91. The van der Waals surface area contributed by atoms with Crippen molar-refractivity contribution in [1.29, 1.82) is 0 Å². The number of carbonyl (C=O) groups is 2. The lowest BCUT2D eigenvalue weighted by atomic mass is 10.0. The predicted molar refractivity (Wildman–Crippen MR) is 107 cm³/mol. The lowest BCUT2D eigenvalue weighted by molar-refractivity contribution is -0.137. The highest BCUT2D eigenvalue weighted by Gasteiger charge is 2.41. The highest BCUT2D eigenvalue weighted by atomic mass is 16.6. The number of imide groups is 1. The van der Waals surface area contributed by atoms with Crippen molar-refractivity contribution in [2.24, 2.45) is 5.92 Å². The predicted octanol–water partition coefficient (Wildman–Crippen LogP) is 3.98. The van der Waals surface area contributed by atoms with Crippen molar-refractivity contribution < 1.29 is 19.1 Å². The third-order valence-electron chi connectivity index (χ3n) is 4.91. The topological polar surface area (TPSA) is 55.8 Å². The van der Waals surface area contributed by atoms with E-state index in [2.05, 4.69) is 6.58 Å². The van der Waals surface area contributed by atoms with Crippen LogP contribution in [0.25, 0.3) is 0 Å². The molecule has 1 fully saturated rings. The highest BCUT2D eigenvalue weighted by molar-refractivity contribution is 5.95. The Morgan fingerprint density at radius 2 is 1.79 bits per heavy atom. The van der Waals surface area contributed by atoms with Crippen molar-refractivity contribution in [2.75, 3.05) is 6.61 Å². The van der Waals surface area contributed by atoms with E-state index in [1.165, 1.54) is 4.90 Å². The molecule has 146 valence electrons. The maximum absolute atomic E-state index is 13.1. The van der Waals surface area contributed by atoms with Gasteiger partial charge in [0.05, 0.1) is 24.7 Å². The number of hydrogen-bond donors (Lipinski definition) is 0. The van der Waals surface area contributed by atoms with Crippen LogP contribution in [0.4, 0.5) is 4.79 Å². The van der Waals surface area contributed by atoms with Crippen LogP contribution in [0.3, 0.4) is 0 Å². The summed E-state index contributed by atoms with van der Waals surface area (Å²) in [6, 6.07) is 19.2. The minimum absolute atomic E-state index is 0.204. The van der Waals surface area contributed by atoms with E-state index >= 15 is 0 Å². The van der Waals surface area contributed by atoms with Gasteiger partial charge in [0.25, 0.3) is 0 Å². The van der Waals surface area contributed by atoms with E-state index in [-0.39, 0.29) is 18.6 Å². The summed E-state index contributed by atoms with van der Waals surface area (Å²) in [6.45, 7) is 6.12. The smallest absolute Gasteiger partial charge is 0.416 e. The van der Waals surface area contributed by atoms with E-state index in [9.17, 15) is 9.59 Å². The van der Waals surface area contributed by atoms with Crippen LogP contribution >= 0.6 is 0 Å². The Hall–Kier alpha value is -2.92. The second kappa shape index (κ2) is 9.33. The van der Waals surface area contributed by atoms with Crippen molar-refractivity contribution in [3.63, 3.8) is 0 Å². The minimum atomic E-state index is -0.594. The SMILES string of the molecule is C=C[C@H](OCc1ccccc1)[C@@H](C)C(=O)N1C(=O)OC[C@H]1Cc1ccccc1. The molecule has 0 aliphatic carbocycles. The number of amides is 2. The number of hydrogen-bond acceptors (Lipinski definition) is 4. The number of ether oxygens (including phenoxy) is 2. The second-order valence-electron chi connectivity index (χ2n) is 6.91. The van der Waals surface area contributed by atoms with Gasteiger partial charge in [0.2, 0.25) is 5.91 Å². The molecule has 1 aliphatic heterocycles. The van der Waals surface area contributed by atoms with Crippen molar-refractivity contribution in [1.82, 2.24) is 4.90 Å². The average molecular weight is 379 g/mol. The van der Waals surface area contributed by atoms with Crippen LogP contribution in [0.2, 0.25) is 0 Å². The zero-order valence-corrected chi connectivity index (χ0v) is 16.0. The first-order valence-electron chi connectivity index (χ1n) is 9.42. The van der Waals surface area contributed by atoms with Crippen LogP contribution in [-0.4, -0.2) is 35.7 Å². The number of benzene rings is 2. The monoisotopic (exact) mass is 379 g/mol. The van der Waals surface area contributed by atoms with E-state index in [4.69, 9.17) is 9.47 Å². The Balaban J connectivity index is 1.66. The van der Waals surface area contributed by atoms with E-state index in [0.29, 0.717) is 13.0 Å². The van der Waals surface area contributed by atoms with Gasteiger partial charge in [-0.1, -0.05) is 73.7 Å². The van der Waals surface area contributed by atoms with Gasteiger partial charge in [0, 0.05) is 0 Å². The molecule has 1 aliphatic rings. The molecular weight excluding hydrogens is 354 g/mol. The molecule has 5 heteroatoms. The molecule has 0 radical (unpaired) electrons. The molecule has 0 spiro atoms. The van der Waals surface area contributed by atoms with Crippen molar-refractivity contribution in [2.45, 2.75) is 32.1 Å². The normalized spacial score (nSPS) is 18.4. The summed E-state index contributed by atoms with van der Waals surface area (Å²) < 4.78 is 11.1. The molecule has 3 atom stereocenters. The van der Waals surface area contributed by atoms with Crippen LogP contribution in [0.5, 0.6) is 0 Å². The molecule has 1 heterocycles. The summed E-state index contributed by atoms with van der Waals surface area (Å²) in [5.41, 5.74) is 2.06. The molecule has 0 unspecified atom stereocenters. The Morgan fingerprint density at radius 1 is 1.18 bits per heavy atom. The zero-order valence-electron chi connectivity index (χ0n) is 16.0. The van der Waals surface area contributed by atoms with Crippen LogP contribution in [0.15, 0.2) is 73.3 Å². The molecule has 28 heavy (non-hydrogen) atoms. The average Bonchev–Trinajstić information content (AvgIpc) is 3.09. The lowest BCUT2D eigenvalue weighted by Gasteiger charge is -2.26. The van der Waals surface area contributed by atoms with Gasteiger partial charge in [0.15, 0.2) is 0 Å². The van der Waals surface area contributed by atoms with Crippen LogP contribution in [0, 0.1) is 5.92 Å². The summed E-state index contributed by atoms with van der Waals surface area (Å²) in [6.07, 6.45) is 1.08. The van der Waals surface area contributed by atoms with Crippen molar-refractivity contribution in [3.8, 4) is 0 Å². The van der Waals surface area contributed by atoms with Gasteiger partial charge in [-0.3, -0.25) is 4.79 Å². The Bertz CT molecular complexity index is 806. The van der Waals surface area contributed by atoms with E-state index in [0.717, 1.165) is 11.1 Å². The highest BCUT2D eigenvalue weighted by Crippen LogP contribution is 2.23. The molecule has 0 N–H and O–H groups in total. The molecule has 0 saturated carbocycles. The Morgan fingerprint density at radius 3 is 2.39 bits per heavy atom. The number of rotatable bonds is 8. The molecule has 2 amide bonds. The Kier molecular flexibility index (Phi) is 6.61. The minimum Gasteiger partial charge on any atom is -0.447 e. The van der Waals surface area contributed by atoms with Gasteiger partial charge in [0.1, 0.15) is 6.61 Å². The largest absolute Gasteiger partial charge is 0.447 e. The van der Waals surface area contributed by atoms with Crippen LogP contribution < -0.4 is 0 Å². The van der Waals surface area contributed by atoms with Gasteiger partial charge in [-0.2, -0.15) is 0 Å². The molecule has 0 bridgehead atoms. The standard InChI is InChI=1S/C23H25NO4/c1-3-21(27-15-19-12-8-5-9-13-19)17(2)22(25)24-20(16-28-23(24)26)14-18-10-6-4-7-11-18/h3-13,17,20-21H,1,14-16H2,2H3/t17-,20-,21+/m1/s1. The van der Waals surface area contributed by atoms with Gasteiger partial charge < -0.3 is 9.47 Å². The maximum atomic E-state index is 13.1. The second-order valence-corrected chi connectivity index (χ2v) is 6.91. The van der Waals surface area contributed by atoms with E-state index in [1.807, 2.05) is 60.7 Å². The summed E-state index contributed by atoms with van der Waals surface area (Å²) >= 11 is 0. The van der Waals surface area contributed by atoms with Crippen LogP contribution in [-0.2, 0) is 27.3 Å². The molecule has 2 aromatic carbocycles. The number of cyclic esters (lactones) is 1. The first kappa shape index (κ1) is 19.8. The molecule has 3 rings (SSSR count). The first-order chi connectivity index (χ1) is 13.6. The molecular formula is C23H25NO4. The fourth-order valence-corrected chi connectivity index (χ4v) is 3.31. The third kappa shape index (κ3) is 4.67. The zero-order chi connectivity index (χ0) is 19.9. The fraction of sp³-hybridized carbons (Fsp3) is 0.304. The summed E-state index contributed by atoms with van der Waals surface area (Å²) in [5, 5.41) is 0. The fourth-order valence-electron chi connectivity index (χ4n) is 3.31. The quantitative estimate of drug-likeness (QED) is 0.651. The van der Waals surface area contributed by atoms with E-state index < -0.39 is 18.1 Å². The molecule has 5 nitrogen and oxygen atoms in total. The van der Waals surface area contributed by atoms with Gasteiger partial charge >= 0.3 is 6.09 Å². The number of carbonyl (C=O) groups excluding carboxylic acids is 2. The Labute approximate surface area is 165 Å². The maximum Gasteiger partial charge on any atom is 0.416 e. The van der Waals surface area contributed by atoms with Crippen molar-refractivity contribution in [3.05, 3.63) is 84.4 Å². The number of nitrogens with zero attached hydrogens (tertiary/aromatic N) is 1. The molecule has 2 aromatic rings. The van der Waals surface area contributed by atoms with Crippen LogP contribution in [0.1, 0.15) is 18.1 Å². The van der Waals surface area contributed by atoms with Crippen molar-refractivity contribution >= 4 is 12.0 Å². The summed E-state index contributed by atoms with van der Waals surface area (Å²) in [5.74, 6) is -0.855. The van der Waals surface area contributed by atoms with Gasteiger partial charge in [-0.25, -0.2) is 9.69 Å². The molecule has 1 saturated heterocycles. The first-order valence-corrected chi connectivity index (χ1v) is 9.42. The summed E-state index contributed by atoms with van der Waals surface area (Å²) in [4.78, 5) is 26.5. The van der Waals surface area contributed by atoms with Gasteiger partial charge in [-0.05, 0) is 17.5 Å². The molecule has 0 aromatic heterocycles.